The van der Waals surface area contributed by atoms with E-state index in [0.717, 1.165) is 43.8 Å². The highest BCUT2D eigenvalue weighted by Crippen LogP contribution is 2.41. The molecule has 31 heavy (non-hydrogen) atoms. The van der Waals surface area contributed by atoms with Crippen LogP contribution in [0.1, 0.15) is 60.7 Å². The number of fused-ring (bicyclic) bond motifs is 2. The predicted octanol–water partition coefficient (Wildman–Crippen LogP) is 5.19. The summed E-state index contributed by atoms with van der Waals surface area (Å²) in [7, 11) is 0. The summed E-state index contributed by atoms with van der Waals surface area (Å²) in [4.78, 5) is 14.9. The first kappa shape index (κ1) is 21.4. The Morgan fingerprint density at radius 1 is 1.13 bits per heavy atom. The molecule has 1 amide bonds. The van der Waals surface area contributed by atoms with Gasteiger partial charge in [0, 0.05) is 37.3 Å². The van der Waals surface area contributed by atoms with Gasteiger partial charge in [-0.2, -0.15) is 0 Å². The zero-order valence-corrected chi connectivity index (χ0v) is 18.8. The summed E-state index contributed by atoms with van der Waals surface area (Å²) in [6, 6.07) is 14.4. The van der Waals surface area contributed by atoms with Crippen LogP contribution in [0.5, 0.6) is 5.75 Å². The van der Waals surface area contributed by atoms with Crippen molar-refractivity contribution < 1.29 is 9.53 Å². The highest BCUT2D eigenvalue weighted by atomic mass is 16.5. The van der Waals surface area contributed by atoms with Crippen molar-refractivity contribution in [2.45, 2.75) is 40.2 Å². The second-order valence-electron chi connectivity index (χ2n) is 8.41. The number of likely N-dealkylation sites (tertiary alicyclic amines) is 1. The molecular weight excluding hydrogens is 384 g/mol. The molecule has 0 bridgehead atoms. The lowest BCUT2D eigenvalue weighted by molar-refractivity contribution is 0.0955. The summed E-state index contributed by atoms with van der Waals surface area (Å²) in [6.07, 6.45) is 4.31. The fourth-order valence-electron chi connectivity index (χ4n) is 4.50. The van der Waals surface area contributed by atoms with Crippen molar-refractivity contribution in [1.29, 1.82) is 0 Å². The monoisotopic (exact) mass is 416 g/mol. The van der Waals surface area contributed by atoms with Crippen molar-refractivity contribution >= 4 is 11.5 Å². The van der Waals surface area contributed by atoms with Gasteiger partial charge in [-0.25, -0.2) is 0 Å². The molecule has 2 aliphatic heterocycles. The van der Waals surface area contributed by atoms with Gasteiger partial charge in [0.1, 0.15) is 12.4 Å². The molecule has 4 rings (SSSR count). The zero-order chi connectivity index (χ0) is 21.8. The van der Waals surface area contributed by atoms with Crippen molar-refractivity contribution in [2.75, 3.05) is 26.2 Å². The van der Waals surface area contributed by atoms with Crippen LogP contribution in [0, 0.1) is 0 Å². The number of nitrogens with zero attached hydrogens (tertiary/aromatic N) is 1. The molecule has 0 radical (unpaired) electrons. The summed E-state index contributed by atoms with van der Waals surface area (Å²) < 4.78 is 6.22. The number of benzene rings is 2. The molecule has 1 N–H and O–H groups in total. The normalized spacial score (nSPS) is 16.8. The van der Waals surface area contributed by atoms with Crippen molar-refractivity contribution in [3.05, 3.63) is 81.9 Å². The van der Waals surface area contributed by atoms with Gasteiger partial charge in [-0.3, -0.25) is 9.69 Å². The van der Waals surface area contributed by atoms with Crippen molar-refractivity contribution in [3.8, 4) is 5.75 Å². The van der Waals surface area contributed by atoms with Gasteiger partial charge in [0.15, 0.2) is 0 Å². The molecule has 2 aliphatic rings. The second-order valence-corrected chi connectivity index (χ2v) is 8.41. The Hall–Kier alpha value is -2.85. The second kappa shape index (κ2) is 9.52. The smallest absolute Gasteiger partial charge is 0.251 e. The topological polar surface area (TPSA) is 41.6 Å². The minimum atomic E-state index is -0.0579. The van der Waals surface area contributed by atoms with E-state index < -0.39 is 0 Å². The Bertz CT molecular complexity index is 1030. The van der Waals surface area contributed by atoms with Gasteiger partial charge in [-0.15, -0.1) is 0 Å². The Morgan fingerprint density at radius 3 is 2.65 bits per heavy atom. The van der Waals surface area contributed by atoms with Gasteiger partial charge in [0.2, 0.25) is 0 Å². The summed E-state index contributed by atoms with van der Waals surface area (Å²) in [5.74, 6) is 0.743. The molecule has 0 atom stereocenters. The van der Waals surface area contributed by atoms with Gasteiger partial charge in [0.05, 0.1) is 0 Å². The van der Waals surface area contributed by atoms with Crippen LogP contribution >= 0.6 is 0 Å². The fraction of sp³-hybridized carbons (Fsp3) is 0.370. The number of rotatable bonds is 4. The number of nitrogens with one attached hydrogen (secondary N) is 1. The zero-order valence-electron chi connectivity index (χ0n) is 18.8. The number of ether oxygens (including phenoxy) is 1. The minimum Gasteiger partial charge on any atom is -0.488 e. The molecule has 1 fully saturated rings. The average molecular weight is 417 g/mol. The molecule has 0 saturated carbocycles. The van der Waals surface area contributed by atoms with Crippen LogP contribution in [0.4, 0.5) is 0 Å². The largest absolute Gasteiger partial charge is 0.488 e. The van der Waals surface area contributed by atoms with E-state index in [9.17, 15) is 4.79 Å². The van der Waals surface area contributed by atoms with Gasteiger partial charge in [-0.05, 0) is 68.5 Å². The Balaban J connectivity index is 1.73. The van der Waals surface area contributed by atoms with Crippen LogP contribution in [0.3, 0.4) is 0 Å². The van der Waals surface area contributed by atoms with Crippen molar-refractivity contribution in [2.24, 2.45) is 0 Å². The van der Waals surface area contributed by atoms with Crippen LogP contribution in [-0.2, 0) is 6.61 Å². The maximum atomic E-state index is 12.4. The maximum Gasteiger partial charge on any atom is 0.251 e. The molecular formula is C27H32N2O2. The Morgan fingerprint density at radius 2 is 1.90 bits per heavy atom. The van der Waals surface area contributed by atoms with Crippen molar-refractivity contribution in [1.82, 2.24) is 10.2 Å². The first-order chi connectivity index (χ1) is 15.1. The van der Waals surface area contributed by atoms with E-state index in [1.165, 1.54) is 27.8 Å². The lowest BCUT2D eigenvalue weighted by Crippen LogP contribution is -2.32. The van der Waals surface area contributed by atoms with Crippen LogP contribution in [-0.4, -0.2) is 37.0 Å². The molecule has 2 heterocycles. The van der Waals surface area contributed by atoms with E-state index in [2.05, 4.69) is 60.5 Å². The summed E-state index contributed by atoms with van der Waals surface area (Å²) in [6.45, 7) is 10.6. The van der Waals surface area contributed by atoms with Crippen LogP contribution in [0.2, 0.25) is 0 Å². The maximum absolute atomic E-state index is 12.4. The molecule has 0 spiro atoms. The molecule has 162 valence electrons. The number of allylic oxidation sites excluding steroid dienone is 1. The lowest BCUT2D eigenvalue weighted by atomic mass is 9.86. The standard InChI is InChI=1S/C27H32N2O2/c1-4-19(3)17-29-14-12-20(13-15-29)26-23-9-7-6-8-22(23)18-31-25-16-21(10-11-24(25)26)27(30)28-5-2/h4,6-11,16H,5,12-15,17-18H2,1-3H3,(H,28,30)/b19-4+. The molecule has 0 unspecified atom stereocenters. The number of amides is 1. The van der Waals surface area contributed by atoms with Gasteiger partial charge >= 0.3 is 0 Å². The average Bonchev–Trinajstić information content (AvgIpc) is 2.96. The molecule has 0 aromatic heterocycles. The van der Waals surface area contributed by atoms with E-state index in [1.807, 2.05) is 19.1 Å². The van der Waals surface area contributed by atoms with Gasteiger partial charge < -0.3 is 10.1 Å². The van der Waals surface area contributed by atoms with Crippen LogP contribution in [0.25, 0.3) is 5.57 Å². The Kier molecular flexibility index (Phi) is 6.57. The number of piperidine rings is 1. The van der Waals surface area contributed by atoms with Gasteiger partial charge in [0.25, 0.3) is 5.91 Å². The van der Waals surface area contributed by atoms with E-state index >= 15 is 0 Å². The number of hydrogen-bond acceptors (Lipinski definition) is 3. The van der Waals surface area contributed by atoms with Crippen molar-refractivity contribution in [3.63, 3.8) is 0 Å². The predicted molar refractivity (Wildman–Crippen MR) is 126 cm³/mol. The third kappa shape index (κ3) is 4.59. The van der Waals surface area contributed by atoms with Crippen LogP contribution < -0.4 is 10.1 Å². The molecule has 2 aromatic rings. The molecule has 4 heteroatoms. The molecule has 4 nitrogen and oxygen atoms in total. The quantitative estimate of drug-likeness (QED) is 0.697. The summed E-state index contributed by atoms with van der Waals surface area (Å²) >= 11 is 0. The van der Waals surface area contributed by atoms with E-state index in [-0.39, 0.29) is 5.91 Å². The summed E-state index contributed by atoms with van der Waals surface area (Å²) in [5, 5.41) is 2.88. The van der Waals surface area contributed by atoms with Gasteiger partial charge in [-0.1, -0.05) is 41.5 Å². The number of carbonyl (C=O) groups excluding carboxylic acids is 1. The first-order valence-corrected chi connectivity index (χ1v) is 11.3. The SMILES string of the molecule is C/C=C(\C)CN1CCC(=C2c3ccccc3COc3cc(C(=O)NCC)ccc32)CC1. The third-order valence-electron chi connectivity index (χ3n) is 6.30. The highest BCUT2D eigenvalue weighted by Gasteiger charge is 2.25. The third-order valence-corrected chi connectivity index (χ3v) is 6.30. The first-order valence-electron chi connectivity index (χ1n) is 11.3. The molecule has 0 aliphatic carbocycles. The molecule has 2 aromatic carbocycles. The highest BCUT2D eigenvalue weighted by molar-refractivity contribution is 5.96. The number of carbonyl (C=O) groups is 1. The minimum absolute atomic E-state index is 0.0579. The van der Waals surface area contributed by atoms with E-state index in [4.69, 9.17) is 4.74 Å². The molecule has 1 saturated heterocycles. The summed E-state index contributed by atoms with van der Waals surface area (Å²) in [5.41, 5.74) is 8.42. The Labute approximate surface area is 185 Å². The van der Waals surface area contributed by atoms with E-state index in [1.54, 1.807) is 0 Å². The van der Waals surface area contributed by atoms with E-state index in [0.29, 0.717) is 18.7 Å². The number of hydrogen-bond donors (Lipinski definition) is 1. The lowest BCUT2D eigenvalue weighted by Gasteiger charge is -2.30. The van der Waals surface area contributed by atoms with Crippen LogP contribution in [0.15, 0.2) is 59.7 Å². The fourth-order valence-corrected chi connectivity index (χ4v) is 4.50.